The van der Waals surface area contributed by atoms with Crippen LogP contribution in [0.15, 0.2) is 24.3 Å². The molecule has 2 unspecified atom stereocenters. The summed E-state index contributed by atoms with van der Waals surface area (Å²) in [6, 6.07) is 8.08. The third-order valence-corrected chi connectivity index (χ3v) is 5.93. The molecule has 0 spiro atoms. The topological polar surface area (TPSA) is 92.5 Å². The lowest BCUT2D eigenvalue weighted by molar-refractivity contribution is -0.122. The van der Waals surface area contributed by atoms with Crippen LogP contribution in [0.25, 0.3) is 0 Å². The van der Waals surface area contributed by atoms with Crippen molar-refractivity contribution in [2.45, 2.75) is 57.8 Å². The lowest BCUT2D eigenvalue weighted by Gasteiger charge is -2.33. The Kier molecular flexibility index (Phi) is 9.73. The van der Waals surface area contributed by atoms with Gasteiger partial charge in [0.05, 0.1) is 11.8 Å². The van der Waals surface area contributed by atoms with Crippen LogP contribution in [0.4, 0.5) is 0 Å². The first-order valence-corrected chi connectivity index (χ1v) is 11.3. The summed E-state index contributed by atoms with van der Waals surface area (Å²) in [6.07, 6.45) is 5.14. The second kappa shape index (κ2) is 11.0. The van der Waals surface area contributed by atoms with Gasteiger partial charge in [-0.1, -0.05) is 30.7 Å². The predicted octanol–water partition coefficient (Wildman–Crippen LogP) is 1.86. The van der Waals surface area contributed by atoms with E-state index in [0.717, 1.165) is 24.9 Å². The van der Waals surface area contributed by atoms with E-state index in [4.69, 9.17) is 5.73 Å². The number of rotatable bonds is 8. The Hall–Kier alpha value is -1.15. The highest BCUT2D eigenvalue weighted by atomic mass is 35.5. The minimum Gasteiger partial charge on any atom is -0.351 e. The number of piperidine rings is 1. The van der Waals surface area contributed by atoms with Gasteiger partial charge in [-0.05, 0) is 43.9 Å². The molecule has 0 aliphatic carbocycles. The van der Waals surface area contributed by atoms with Crippen molar-refractivity contribution in [2.75, 3.05) is 18.6 Å². The zero-order valence-electron chi connectivity index (χ0n) is 16.2. The van der Waals surface area contributed by atoms with E-state index < -0.39 is 15.9 Å². The molecule has 1 amide bonds. The van der Waals surface area contributed by atoms with Crippen LogP contribution in [0.1, 0.15) is 43.7 Å². The fourth-order valence-corrected chi connectivity index (χ4v) is 3.86. The number of benzene rings is 1. The number of hydrogen-bond donors (Lipinski definition) is 2. The summed E-state index contributed by atoms with van der Waals surface area (Å²) in [5.41, 5.74) is 8.03. The molecular weight excluding hydrogens is 386 g/mol. The second-order valence-electron chi connectivity index (χ2n) is 7.37. The first-order valence-electron chi connectivity index (χ1n) is 9.27. The summed E-state index contributed by atoms with van der Waals surface area (Å²) in [5.74, 6) is -0.398. The molecule has 1 aromatic carbocycles. The van der Waals surface area contributed by atoms with Gasteiger partial charge in [-0.15, -0.1) is 12.4 Å². The van der Waals surface area contributed by atoms with E-state index in [1.54, 1.807) is 0 Å². The minimum absolute atomic E-state index is 0. The van der Waals surface area contributed by atoms with Gasteiger partial charge in [0.1, 0.15) is 9.84 Å². The van der Waals surface area contributed by atoms with Gasteiger partial charge in [-0.2, -0.15) is 0 Å². The van der Waals surface area contributed by atoms with Crippen LogP contribution in [0, 0.1) is 0 Å². The number of likely N-dealkylation sites (tertiary alicyclic amines) is 1. The molecular formula is C19H32ClN3O3S. The van der Waals surface area contributed by atoms with E-state index in [9.17, 15) is 13.2 Å². The number of carbonyl (C=O) groups is 1. The Morgan fingerprint density at radius 1 is 1.26 bits per heavy atom. The number of amides is 1. The minimum atomic E-state index is -3.10. The van der Waals surface area contributed by atoms with Crippen LogP contribution in [0.2, 0.25) is 0 Å². The fourth-order valence-electron chi connectivity index (χ4n) is 3.18. The summed E-state index contributed by atoms with van der Waals surface area (Å²) in [7, 11) is -3.10. The standard InChI is InChI=1S/C19H31N3O3S.ClH/c1-15-5-3-4-11-22(15)14-17-8-6-16(7-9-17)13-21-19(23)18(20)10-12-26(2,24)25;/h6-9,15,18H,3-5,10-14,20H2,1-2H3,(H,21,23);1H. The molecule has 8 heteroatoms. The number of nitrogens with one attached hydrogen (secondary N) is 1. The highest BCUT2D eigenvalue weighted by Gasteiger charge is 2.18. The Labute approximate surface area is 169 Å². The molecule has 2 rings (SSSR count). The molecule has 1 saturated heterocycles. The van der Waals surface area contributed by atoms with E-state index in [1.807, 2.05) is 12.1 Å². The van der Waals surface area contributed by atoms with E-state index in [0.29, 0.717) is 12.6 Å². The Morgan fingerprint density at radius 2 is 1.89 bits per heavy atom. The number of nitrogens with zero attached hydrogens (tertiary/aromatic N) is 1. The molecule has 2 atom stereocenters. The lowest BCUT2D eigenvalue weighted by Crippen LogP contribution is -2.41. The van der Waals surface area contributed by atoms with Crippen molar-refractivity contribution in [3.63, 3.8) is 0 Å². The molecule has 1 heterocycles. The Bertz CT molecular complexity index is 695. The van der Waals surface area contributed by atoms with Crippen LogP contribution in [0.5, 0.6) is 0 Å². The van der Waals surface area contributed by atoms with Gasteiger partial charge in [0.25, 0.3) is 0 Å². The maximum atomic E-state index is 12.0. The fraction of sp³-hybridized carbons (Fsp3) is 0.632. The van der Waals surface area contributed by atoms with E-state index in [1.165, 1.54) is 24.8 Å². The largest absolute Gasteiger partial charge is 0.351 e. The van der Waals surface area contributed by atoms with Crippen LogP contribution in [-0.2, 0) is 27.7 Å². The highest BCUT2D eigenvalue weighted by Crippen LogP contribution is 2.19. The molecule has 1 aromatic rings. The first-order chi connectivity index (χ1) is 12.2. The van der Waals surface area contributed by atoms with Crippen molar-refractivity contribution in [1.82, 2.24) is 10.2 Å². The molecule has 1 fully saturated rings. The summed E-state index contributed by atoms with van der Waals surface area (Å²) >= 11 is 0. The average Bonchev–Trinajstić information content (AvgIpc) is 2.60. The number of halogens is 1. The Balaban J connectivity index is 0.00000364. The molecule has 0 aromatic heterocycles. The summed E-state index contributed by atoms with van der Waals surface area (Å²) in [6.45, 7) is 4.80. The van der Waals surface area contributed by atoms with Gasteiger partial charge < -0.3 is 11.1 Å². The summed E-state index contributed by atoms with van der Waals surface area (Å²) in [5, 5.41) is 2.77. The molecule has 154 valence electrons. The molecule has 0 bridgehead atoms. The van der Waals surface area contributed by atoms with Gasteiger partial charge in [-0.3, -0.25) is 9.69 Å². The molecule has 1 aliphatic heterocycles. The SMILES string of the molecule is CC1CCCCN1Cc1ccc(CNC(=O)C(N)CCS(C)(=O)=O)cc1.Cl. The van der Waals surface area contributed by atoms with E-state index >= 15 is 0 Å². The van der Waals surface area contributed by atoms with Gasteiger partial charge in [0.15, 0.2) is 0 Å². The van der Waals surface area contributed by atoms with Crippen molar-refractivity contribution < 1.29 is 13.2 Å². The predicted molar refractivity (Wildman–Crippen MR) is 112 cm³/mol. The monoisotopic (exact) mass is 417 g/mol. The normalized spacial score (nSPS) is 19.1. The van der Waals surface area contributed by atoms with Crippen LogP contribution < -0.4 is 11.1 Å². The number of hydrogen-bond acceptors (Lipinski definition) is 5. The van der Waals surface area contributed by atoms with Gasteiger partial charge in [-0.25, -0.2) is 8.42 Å². The zero-order valence-corrected chi connectivity index (χ0v) is 17.8. The molecule has 0 radical (unpaired) electrons. The van der Waals surface area contributed by atoms with Crippen LogP contribution >= 0.6 is 12.4 Å². The van der Waals surface area contributed by atoms with Crippen molar-refractivity contribution in [2.24, 2.45) is 5.73 Å². The van der Waals surface area contributed by atoms with Gasteiger partial charge in [0, 0.05) is 25.4 Å². The Morgan fingerprint density at radius 3 is 2.48 bits per heavy atom. The smallest absolute Gasteiger partial charge is 0.237 e. The third kappa shape index (κ3) is 8.60. The molecule has 3 N–H and O–H groups in total. The summed E-state index contributed by atoms with van der Waals surface area (Å²) < 4.78 is 22.3. The maximum Gasteiger partial charge on any atom is 0.237 e. The average molecular weight is 418 g/mol. The number of carbonyl (C=O) groups excluding carboxylic acids is 1. The second-order valence-corrected chi connectivity index (χ2v) is 9.63. The van der Waals surface area contributed by atoms with Crippen molar-refractivity contribution in [1.29, 1.82) is 0 Å². The molecule has 6 nitrogen and oxygen atoms in total. The molecule has 27 heavy (non-hydrogen) atoms. The van der Waals surface area contributed by atoms with E-state index in [-0.39, 0.29) is 30.5 Å². The number of sulfone groups is 1. The zero-order chi connectivity index (χ0) is 19.2. The summed E-state index contributed by atoms with van der Waals surface area (Å²) in [4.78, 5) is 14.5. The van der Waals surface area contributed by atoms with Gasteiger partial charge in [0.2, 0.25) is 5.91 Å². The van der Waals surface area contributed by atoms with Crippen LogP contribution in [-0.4, -0.2) is 49.9 Å². The van der Waals surface area contributed by atoms with Crippen molar-refractivity contribution in [3.05, 3.63) is 35.4 Å². The third-order valence-electron chi connectivity index (χ3n) is 4.95. The lowest BCUT2D eigenvalue weighted by atomic mass is 10.0. The quantitative estimate of drug-likeness (QED) is 0.673. The maximum absolute atomic E-state index is 12.0. The van der Waals surface area contributed by atoms with Crippen molar-refractivity contribution >= 4 is 28.2 Å². The van der Waals surface area contributed by atoms with Crippen molar-refractivity contribution in [3.8, 4) is 0 Å². The number of nitrogens with two attached hydrogens (primary N) is 1. The van der Waals surface area contributed by atoms with Gasteiger partial charge >= 0.3 is 0 Å². The van der Waals surface area contributed by atoms with E-state index in [2.05, 4.69) is 29.3 Å². The first kappa shape index (κ1) is 23.9. The molecule has 0 saturated carbocycles. The molecule has 1 aliphatic rings. The van der Waals surface area contributed by atoms with Crippen LogP contribution in [0.3, 0.4) is 0 Å². The highest BCUT2D eigenvalue weighted by molar-refractivity contribution is 7.90.